The summed E-state index contributed by atoms with van der Waals surface area (Å²) in [6.45, 7) is 4.19. The molecule has 0 bridgehead atoms. The highest BCUT2D eigenvalue weighted by molar-refractivity contribution is 5.96. The lowest BCUT2D eigenvalue weighted by atomic mass is 9.86. The van der Waals surface area contributed by atoms with E-state index in [2.05, 4.69) is 6.07 Å². The minimum absolute atomic E-state index is 0.0901. The zero-order valence-corrected chi connectivity index (χ0v) is 15.1. The minimum atomic E-state index is -0.0901. The lowest BCUT2D eigenvalue weighted by Gasteiger charge is -2.24. The van der Waals surface area contributed by atoms with E-state index in [1.54, 1.807) is 0 Å². The number of carbonyl (C=O) groups is 2. The summed E-state index contributed by atoms with van der Waals surface area (Å²) >= 11 is 0. The van der Waals surface area contributed by atoms with Crippen LogP contribution >= 0.6 is 0 Å². The number of aryl methyl sites for hydroxylation is 1. The second-order valence-electron chi connectivity index (χ2n) is 7.72. The maximum atomic E-state index is 12.7. The fourth-order valence-corrected chi connectivity index (χ4v) is 4.23. The lowest BCUT2D eigenvalue weighted by Crippen LogP contribution is -2.34. The van der Waals surface area contributed by atoms with Crippen molar-refractivity contribution in [1.29, 1.82) is 0 Å². The number of anilines is 1. The number of hydrogen-bond acceptors (Lipinski definition) is 2. The monoisotopic (exact) mass is 348 g/mol. The Morgan fingerprint density at radius 1 is 1.08 bits per heavy atom. The summed E-state index contributed by atoms with van der Waals surface area (Å²) in [7, 11) is 0. The number of nitrogens with zero attached hydrogens (tertiary/aromatic N) is 2. The lowest BCUT2D eigenvalue weighted by molar-refractivity contribution is -0.130. The normalized spacial score (nSPS) is 22.4. The predicted octanol–water partition coefficient (Wildman–Crippen LogP) is 3.19. The van der Waals surface area contributed by atoms with Crippen LogP contribution in [0.15, 0.2) is 54.6 Å². The Kier molecular flexibility index (Phi) is 4.27. The van der Waals surface area contributed by atoms with Crippen molar-refractivity contribution in [2.45, 2.75) is 26.2 Å². The third-order valence-electron chi connectivity index (χ3n) is 5.62. The molecular formula is C22H24N2O2. The number of rotatable bonds is 3. The van der Waals surface area contributed by atoms with E-state index in [1.165, 1.54) is 0 Å². The van der Waals surface area contributed by atoms with Gasteiger partial charge >= 0.3 is 0 Å². The van der Waals surface area contributed by atoms with Gasteiger partial charge in [-0.25, -0.2) is 0 Å². The van der Waals surface area contributed by atoms with E-state index in [9.17, 15) is 9.59 Å². The fourth-order valence-electron chi connectivity index (χ4n) is 4.23. The van der Waals surface area contributed by atoms with Gasteiger partial charge in [-0.15, -0.1) is 0 Å². The summed E-state index contributed by atoms with van der Waals surface area (Å²) in [4.78, 5) is 29.1. The van der Waals surface area contributed by atoms with Crippen LogP contribution in [-0.4, -0.2) is 36.3 Å². The summed E-state index contributed by atoms with van der Waals surface area (Å²) in [5, 5.41) is 0. The van der Waals surface area contributed by atoms with Crippen molar-refractivity contribution in [3.05, 3.63) is 65.7 Å². The number of likely N-dealkylation sites (tertiary alicyclic amines) is 1. The van der Waals surface area contributed by atoms with Gasteiger partial charge in [0.2, 0.25) is 11.8 Å². The van der Waals surface area contributed by atoms with Crippen molar-refractivity contribution in [3.63, 3.8) is 0 Å². The number of amides is 2. The van der Waals surface area contributed by atoms with Gasteiger partial charge in [-0.1, -0.05) is 42.5 Å². The molecule has 2 aromatic carbocycles. The van der Waals surface area contributed by atoms with Gasteiger partial charge in [0.15, 0.2) is 0 Å². The molecule has 26 heavy (non-hydrogen) atoms. The number of carbonyl (C=O) groups excluding carboxylic acids is 2. The van der Waals surface area contributed by atoms with Crippen LogP contribution in [0.2, 0.25) is 0 Å². The highest BCUT2D eigenvalue weighted by Gasteiger charge is 2.48. The minimum Gasteiger partial charge on any atom is -0.342 e. The van der Waals surface area contributed by atoms with Crippen molar-refractivity contribution in [1.82, 2.24) is 4.90 Å². The largest absolute Gasteiger partial charge is 0.342 e. The fraction of sp³-hybridized carbons (Fsp3) is 0.364. The topological polar surface area (TPSA) is 40.6 Å². The maximum absolute atomic E-state index is 12.7. The quantitative estimate of drug-likeness (QED) is 0.855. The SMILES string of the molecule is Cc1cccc(N2C[C@]3(CCN(C(=O)Cc4ccccc4)C3)CC2=O)c1. The van der Waals surface area contributed by atoms with Crippen molar-refractivity contribution >= 4 is 17.5 Å². The van der Waals surface area contributed by atoms with Gasteiger partial charge in [-0.3, -0.25) is 9.59 Å². The highest BCUT2D eigenvalue weighted by Crippen LogP contribution is 2.42. The van der Waals surface area contributed by atoms with Crippen LogP contribution in [0.5, 0.6) is 0 Å². The Morgan fingerprint density at radius 2 is 1.88 bits per heavy atom. The summed E-state index contributed by atoms with van der Waals surface area (Å²) < 4.78 is 0. The van der Waals surface area contributed by atoms with Gasteiger partial charge in [0.05, 0.1) is 6.42 Å². The maximum Gasteiger partial charge on any atom is 0.227 e. The third-order valence-corrected chi connectivity index (χ3v) is 5.62. The predicted molar refractivity (Wildman–Crippen MR) is 102 cm³/mol. The van der Waals surface area contributed by atoms with Gasteiger partial charge in [0.25, 0.3) is 0 Å². The van der Waals surface area contributed by atoms with Crippen LogP contribution < -0.4 is 4.90 Å². The molecule has 2 heterocycles. The first kappa shape index (κ1) is 16.8. The first-order chi connectivity index (χ1) is 12.5. The van der Waals surface area contributed by atoms with Crippen molar-refractivity contribution < 1.29 is 9.59 Å². The van der Waals surface area contributed by atoms with Crippen LogP contribution in [-0.2, 0) is 16.0 Å². The summed E-state index contributed by atoms with van der Waals surface area (Å²) in [5.74, 6) is 0.336. The molecule has 2 aliphatic rings. The van der Waals surface area contributed by atoms with E-state index >= 15 is 0 Å². The third kappa shape index (κ3) is 3.24. The van der Waals surface area contributed by atoms with Crippen LogP contribution in [0.3, 0.4) is 0 Å². The molecule has 1 spiro atoms. The summed E-state index contributed by atoms with van der Waals surface area (Å²) in [6, 6.07) is 18.0. The van der Waals surface area contributed by atoms with Gasteiger partial charge in [-0.2, -0.15) is 0 Å². The molecule has 2 aliphatic heterocycles. The molecule has 2 aromatic rings. The van der Waals surface area contributed by atoms with E-state index in [-0.39, 0.29) is 17.2 Å². The average molecular weight is 348 g/mol. The molecule has 0 N–H and O–H groups in total. The van der Waals surface area contributed by atoms with Gasteiger partial charge in [-0.05, 0) is 36.6 Å². The zero-order chi connectivity index (χ0) is 18.1. The smallest absolute Gasteiger partial charge is 0.227 e. The molecule has 0 saturated carbocycles. The molecule has 4 heteroatoms. The Morgan fingerprint density at radius 3 is 2.65 bits per heavy atom. The second-order valence-corrected chi connectivity index (χ2v) is 7.72. The highest BCUT2D eigenvalue weighted by atomic mass is 16.2. The molecule has 0 unspecified atom stereocenters. The molecule has 0 aliphatic carbocycles. The first-order valence-corrected chi connectivity index (χ1v) is 9.23. The Bertz CT molecular complexity index is 833. The van der Waals surface area contributed by atoms with E-state index < -0.39 is 0 Å². The van der Waals surface area contributed by atoms with Crippen LogP contribution in [0, 0.1) is 12.3 Å². The standard InChI is InChI=1S/C22H24N2O2/c1-17-6-5-9-19(12-17)24-16-22(14-21(24)26)10-11-23(15-22)20(25)13-18-7-3-2-4-8-18/h2-9,12H,10-11,13-16H2,1H3/t22-/m1/s1. The molecular weight excluding hydrogens is 324 g/mol. The van der Waals surface area contributed by atoms with Crippen molar-refractivity contribution in [2.75, 3.05) is 24.5 Å². The van der Waals surface area contributed by atoms with E-state index in [4.69, 9.17) is 0 Å². The molecule has 134 valence electrons. The zero-order valence-electron chi connectivity index (χ0n) is 15.1. The van der Waals surface area contributed by atoms with E-state index in [1.807, 2.05) is 65.3 Å². The average Bonchev–Trinajstić information content (AvgIpc) is 3.19. The Balaban J connectivity index is 1.44. The number of hydrogen-bond donors (Lipinski definition) is 0. The summed E-state index contributed by atoms with van der Waals surface area (Å²) in [5.41, 5.74) is 3.08. The Hall–Kier alpha value is -2.62. The molecule has 0 radical (unpaired) electrons. The van der Waals surface area contributed by atoms with Crippen LogP contribution in [0.25, 0.3) is 0 Å². The molecule has 4 nitrogen and oxygen atoms in total. The van der Waals surface area contributed by atoms with Crippen LogP contribution in [0.1, 0.15) is 24.0 Å². The molecule has 0 aromatic heterocycles. The van der Waals surface area contributed by atoms with Crippen LogP contribution in [0.4, 0.5) is 5.69 Å². The molecule has 1 atom stereocenters. The van der Waals surface area contributed by atoms with Crippen molar-refractivity contribution in [3.8, 4) is 0 Å². The van der Waals surface area contributed by atoms with Gasteiger partial charge in [0, 0.05) is 37.2 Å². The molecule has 4 rings (SSSR count). The molecule has 2 saturated heterocycles. The van der Waals surface area contributed by atoms with E-state index in [0.29, 0.717) is 25.9 Å². The van der Waals surface area contributed by atoms with Crippen molar-refractivity contribution in [2.24, 2.45) is 5.41 Å². The number of benzene rings is 2. The Labute approximate surface area is 154 Å². The van der Waals surface area contributed by atoms with E-state index in [0.717, 1.165) is 29.8 Å². The molecule has 2 fully saturated rings. The van der Waals surface area contributed by atoms with Gasteiger partial charge < -0.3 is 9.80 Å². The molecule has 2 amide bonds. The first-order valence-electron chi connectivity index (χ1n) is 9.23. The summed E-state index contributed by atoms with van der Waals surface area (Å²) in [6.07, 6.45) is 1.88. The second kappa shape index (κ2) is 6.60. The van der Waals surface area contributed by atoms with Gasteiger partial charge in [0.1, 0.15) is 0 Å².